The molecule has 0 saturated heterocycles. The zero-order chi connectivity index (χ0) is 18.8. The van der Waals surface area contributed by atoms with Gasteiger partial charge < -0.3 is 19.9 Å². The van der Waals surface area contributed by atoms with Gasteiger partial charge in [-0.1, -0.05) is 42.5 Å². The first-order valence-electron chi connectivity index (χ1n) is 8.41. The zero-order valence-corrected chi connectivity index (χ0v) is 14.7. The lowest BCUT2D eigenvalue weighted by molar-refractivity contribution is -0.141. The number of nitrogens with one attached hydrogen (secondary N) is 1. The summed E-state index contributed by atoms with van der Waals surface area (Å²) in [5.41, 5.74) is 1.71. The molecule has 0 aromatic heterocycles. The molecule has 0 aliphatic carbocycles. The van der Waals surface area contributed by atoms with Crippen molar-refractivity contribution in [3.63, 3.8) is 0 Å². The number of aliphatic hydroxyl groups excluding tert-OH is 1. The standard InChI is InChI=1S/C20H23NO5/c1-25-20(24)18(12-7-13-22)21-17-11-6-5-10-16(17)19(23)26-14-15-8-3-2-4-9-15/h2-6,8-11,18,21-22H,7,12-14H2,1H3. The van der Waals surface area contributed by atoms with Crippen molar-refractivity contribution in [1.29, 1.82) is 0 Å². The summed E-state index contributed by atoms with van der Waals surface area (Å²) in [4.78, 5) is 24.4. The Bertz CT molecular complexity index is 717. The van der Waals surface area contributed by atoms with Crippen molar-refractivity contribution in [3.8, 4) is 0 Å². The first-order chi connectivity index (χ1) is 12.7. The molecule has 0 heterocycles. The largest absolute Gasteiger partial charge is 0.467 e. The van der Waals surface area contributed by atoms with E-state index in [2.05, 4.69) is 5.32 Å². The Hall–Kier alpha value is -2.86. The molecule has 0 aliphatic heterocycles. The van der Waals surface area contributed by atoms with Gasteiger partial charge in [0.15, 0.2) is 0 Å². The molecule has 26 heavy (non-hydrogen) atoms. The number of benzene rings is 2. The van der Waals surface area contributed by atoms with E-state index >= 15 is 0 Å². The van der Waals surface area contributed by atoms with Gasteiger partial charge in [-0.3, -0.25) is 0 Å². The maximum absolute atomic E-state index is 12.5. The van der Waals surface area contributed by atoms with Crippen LogP contribution in [0.25, 0.3) is 0 Å². The van der Waals surface area contributed by atoms with Gasteiger partial charge in [0, 0.05) is 12.3 Å². The SMILES string of the molecule is COC(=O)C(CCCO)Nc1ccccc1C(=O)OCc1ccccc1. The van der Waals surface area contributed by atoms with E-state index < -0.39 is 18.0 Å². The first-order valence-corrected chi connectivity index (χ1v) is 8.41. The third-order valence-corrected chi connectivity index (χ3v) is 3.83. The molecular weight excluding hydrogens is 334 g/mol. The molecule has 0 radical (unpaired) electrons. The Balaban J connectivity index is 2.09. The normalized spacial score (nSPS) is 11.5. The highest BCUT2D eigenvalue weighted by Gasteiger charge is 2.21. The summed E-state index contributed by atoms with van der Waals surface area (Å²) in [7, 11) is 1.30. The van der Waals surface area contributed by atoms with Gasteiger partial charge in [0.1, 0.15) is 12.6 Å². The van der Waals surface area contributed by atoms with Crippen LogP contribution in [0.4, 0.5) is 5.69 Å². The molecule has 6 heteroatoms. The van der Waals surface area contributed by atoms with Crippen molar-refractivity contribution in [2.24, 2.45) is 0 Å². The zero-order valence-electron chi connectivity index (χ0n) is 14.7. The van der Waals surface area contributed by atoms with Crippen LogP contribution in [0.3, 0.4) is 0 Å². The smallest absolute Gasteiger partial charge is 0.340 e. The highest BCUT2D eigenvalue weighted by molar-refractivity contribution is 5.96. The molecule has 6 nitrogen and oxygen atoms in total. The minimum Gasteiger partial charge on any atom is -0.467 e. The number of rotatable bonds is 9. The lowest BCUT2D eigenvalue weighted by atomic mass is 10.1. The first kappa shape index (κ1) is 19.5. The van der Waals surface area contributed by atoms with Crippen LogP contribution in [0.15, 0.2) is 54.6 Å². The Labute approximate surface area is 152 Å². The maximum atomic E-state index is 12.5. The van der Waals surface area contributed by atoms with Gasteiger partial charge >= 0.3 is 11.9 Å². The minimum absolute atomic E-state index is 0.0318. The van der Waals surface area contributed by atoms with Gasteiger partial charge in [-0.15, -0.1) is 0 Å². The molecule has 2 aromatic carbocycles. The lowest BCUT2D eigenvalue weighted by Gasteiger charge is -2.19. The van der Waals surface area contributed by atoms with Crippen molar-refractivity contribution in [2.45, 2.75) is 25.5 Å². The third kappa shape index (κ3) is 5.60. The predicted octanol–water partition coefficient (Wildman–Crippen LogP) is 2.77. The molecule has 0 aliphatic rings. The number of esters is 2. The second-order valence-electron chi connectivity index (χ2n) is 5.69. The number of carbonyl (C=O) groups excluding carboxylic acids is 2. The van der Waals surface area contributed by atoms with Gasteiger partial charge in [-0.2, -0.15) is 0 Å². The van der Waals surface area contributed by atoms with Crippen LogP contribution >= 0.6 is 0 Å². The van der Waals surface area contributed by atoms with E-state index in [1.165, 1.54) is 7.11 Å². The summed E-state index contributed by atoms with van der Waals surface area (Å²) in [5.74, 6) is -0.936. The van der Waals surface area contributed by atoms with Crippen molar-refractivity contribution in [3.05, 3.63) is 65.7 Å². The molecule has 0 bridgehead atoms. The predicted molar refractivity (Wildman–Crippen MR) is 97.8 cm³/mol. The molecule has 2 aromatic rings. The number of aliphatic hydroxyl groups is 1. The number of para-hydroxylation sites is 1. The molecule has 0 saturated carbocycles. The number of methoxy groups -OCH3 is 1. The number of anilines is 1. The van der Waals surface area contributed by atoms with E-state index in [0.717, 1.165) is 5.56 Å². The second-order valence-corrected chi connectivity index (χ2v) is 5.69. The number of ether oxygens (including phenoxy) is 2. The monoisotopic (exact) mass is 357 g/mol. The Morgan fingerprint density at radius 1 is 1.08 bits per heavy atom. The summed E-state index contributed by atoms with van der Waals surface area (Å²) in [5, 5.41) is 12.0. The second kappa shape index (κ2) is 10.2. The molecule has 1 atom stereocenters. The Morgan fingerprint density at radius 2 is 1.77 bits per heavy atom. The number of hydrogen-bond acceptors (Lipinski definition) is 6. The molecule has 0 fully saturated rings. The van der Waals surface area contributed by atoms with Crippen molar-refractivity contribution < 1.29 is 24.2 Å². The van der Waals surface area contributed by atoms with Gasteiger partial charge in [0.2, 0.25) is 0 Å². The average molecular weight is 357 g/mol. The maximum Gasteiger partial charge on any atom is 0.340 e. The molecule has 138 valence electrons. The van der Waals surface area contributed by atoms with Crippen LogP contribution in [0, 0.1) is 0 Å². The lowest BCUT2D eigenvalue weighted by Crippen LogP contribution is -2.31. The summed E-state index contributed by atoms with van der Waals surface area (Å²) >= 11 is 0. The fourth-order valence-corrected chi connectivity index (χ4v) is 2.46. The molecule has 2 rings (SSSR count). The Kier molecular flexibility index (Phi) is 7.64. The van der Waals surface area contributed by atoms with Crippen LogP contribution in [0.2, 0.25) is 0 Å². The quantitative estimate of drug-likeness (QED) is 0.671. The van der Waals surface area contributed by atoms with E-state index in [1.54, 1.807) is 24.3 Å². The van der Waals surface area contributed by atoms with Crippen molar-refractivity contribution in [1.82, 2.24) is 0 Å². The average Bonchev–Trinajstić information content (AvgIpc) is 2.69. The third-order valence-electron chi connectivity index (χ3n) is 3.83. The highest BCUT2D eigenvalue weighted by Crippen LogP contribution is 2.19. The highest BCUT2D eigenvalue weighted by atomic mass is 16.5. The van der Waals surface area contributed by atoms with E-state index in [9.17, 15) is 9.59 Å². The topological polar surface area (TPSA) is 84.9 Å². The number of hydrogen-bond donors (Lipinski definition) is 2. The minimum atomic E-state index is -0.657. The van der Waals surface area contributed by atoms with E-state index in [4.69, 9.17) is 14.6 Å². The van der Waals surface area contributed by atoms with Crippen molar-refractivity contribution >= 4 is 17.6 Å². The summed E-state index contributed by atoms with van der Waals surface area (Å²) in [6.45, 7) is 0.134. The fourth-order valence-electron chi connectivity index (χ4n) is 2.46. The van der Waals surface area contributed by atoms with Crippen LogP contribution in [0.1, 0.15) is 28.8 Å². The van der Waals surface area contributed by atoms with Crippen molar-refractivity contribution in [2.75, 3.05) is 19.0 Å². The fraction of sp³-hybridized carbons (Fsp3) is 0.300. The Morgan fingerprint density at radius 3 is 2.46 bits per heavy atom. The van der Waals surface area contributed by atoms with Gasteiger partial charge in [-0.05, 0) is 30.5 Å². The van der Waals surface area contributed by atoms with Gasteiger partial charge in [0.05, 0.1) is 12.7 Å². The molecule has 1 unspecified atom stereocenters. The summed E-state index contributed by atoms with van der Waals surface area (Å²) in [6, 6.07) is 15.6. The molecule has 2 N–H and O–H groups in total. The van der Waals surface area contributed by atoms with Crippen LogP contribution in [-0.4, -0.2) is 36.8 Å². The van der Waals surface area contributed by atoms with E-state index in [1.807, 2.05) is 30.3 Å². The van der Waals surface area contributed by atoms with E-state index in [-0.39, 0.29) is 13.2 Å². The summed E-state index contributed by atoms with van der Waals surface area (Å²) < 4.78 is 10.2. The van der Waals surface area contributed by atoms with Gasteiger partial charge in [-0.25, -0.2) is 9.59 Å². The van der Waals surface area contributed by atoms with Crippen LogP contribution in [-0.2, 0) is 20.9 Å². The van der Waals surface area contributed by atoms with Crippen LogP contribution in [0.5, 0.6) is 0 Å². The molecular formula is C20H23NO5. The number of carbonyl (C=O) groups is 2. The van der Waals surface area contributed by atoms with E-state index in [0.29, 0.717) is 24.1 Å². The molecule has 0 amide bonds. The molecule has 0 spiro atoms. The van der Waals surface area contributed by atoms with Crippen LogP contribution < -0.4 is 5.32 Å². The summed E-state index contributed by atoms with van der Waals surface area (Å²) in [6.07, 6.45) is 0.823. The van der Waals surface area contributed by atoms with Gasteiger partial charge in [0.25, 0.3) is 0 Å².